The Morgan fingerprint density at radius 2 is 1.92 bits per heavy atom. The molecule has 0 aliphatic rings. The van der Waals surface area contributed by atoms with E-state index in [-0.39, 0.29) is 10.6 Å². The number of nitrogens with one attached hydrogen (secondary N) is 1. The number of carbonyl (C=O) groups excluding carboxylic acids is 1. The first kappa shape index (κ1) is 26.6. The second-order valence-corrected chi connectivity index (χ2v) is 9.41. The van der Waals surface area contributed by atoms with Crippen molar-refractivity contribution in [1.82, 2.24) is 19.4 Å². The zero-order valence-corrected chi connectivity index (χ0v) is 22.3. The maximum absolute atomic E-state index is 12.0. The van der Waals surface area contributed by atoms with Gasteiger partial charge in [-0.15, -0.1) is 0 Å². The van der Waals surface area contributed by atoms with Crippen molar-refractivity contribution in [3.05, 3.63) is 70.0 Å². The van der Waals surface area contributed by atoms with Crippen molar-refractivity contribution < 1.29 is 14.5 Å². The molecule has 0 amide bonds. The van der Waals surface area contributed by atoms with Gasteiger partial charge in [0.25, 0.3) is 5.69 Å². The summed E-state index contributed by atoms with van der Waals surface area (Å²) in [6.07, 6.45) is 3.58. The molecule has 1 N–H and O–H groups in total. The number of benzene rings is 2. The highest BCUT2D eigenvalue weighted by Crippen LogP contribution is 2.35. The van der Waals surface area contributed by atoms with Crippen LogP contribution in [0.5, 0.6) is 0 Å². The first-order valence-corrected chi connectivity index (χ1v) is 12.0. The first-order valence-electron chi connectivity index (χ1n) is 12.0. The molecule has 11 heteroatoms. The molecule has 0 aliphatic heterocycles. The van der Waals surface area contributed by atoms with Gasteiger partial charge in [0.15, 0.2) is 0 Å². The van der Waals surface area contributed by atoms with Crippen molar-refractivity contribution in [2.45, 2.75) is 6.92 Å². The summed E-state index contributed by atoms with van der Waals surface area (Å²) in [5.74, 6) is -0.0839. The highest BCUT2D eigenvalue weighted by molar-refractivity contribution is 6.00. The van der Waals surface area contributed by atoms with Gasteiger partial charge in [0.1, 0.15) is 5.69 Å². The van der Waals surface area contributed by atoms with Crippen LogP contribution in [-0.2, 0) is 11.8 Å². The lowest BCUT2D eigenvalue weighted by Crippen LogP contribution is -2.29. The maximum Gasteiger partial charge on any atom is 0.337 e. The Hall–Kier alpha value is -4.51. The van der Waals surface area contributed by atoms with E-state index in [1.807, 2.05) is 67.8 Å². The highest BCUT2D eigenvalue weighted by Gasteiger charge is 2.21. The molecule has 2 aromatic heterocycles. The second kappa shape index (κ2) is 10.9. The molecular weight excluding hydrogens is 486 g/mol. The lowest BCUT2D eigenvalue weighted by Gasteiger charge is -2.22. The van der Waals surface area contributed by atoms with Crippen LogP contribution in [0.2, 0.25) is 0 Å². The number of hydrogen-bond acceptors (Lipinski definition) is 9. The summed E-state index contributed by atoms with van der Waals surface area (Å²) in [5, 5.41) is 16.0. The number of nitro benzene ring substituents is 1. The number of carbonyl (C=O) groups is 1. The van der Waals surface area contributed by atoms with Gasteiger partial charge in [-0.05, 0) is 50.8 Å². The number of fused-ring (bicyclic) bond motifs is 1. The molecule has 0 fully saturated rings. The minimum Gasteiger partial charge on any atom is -0.465 e. The molecule has 38 heavy (non-hydrogen) atoms. The molecule has 4 aromatic rings. The topological polar surface area (TPSA) is 119 Å². The van der Waals surface area contributed by atoms with Gasteiger partial charge >= 0.3 is 5.97 Å². The van der Waals surface area contributed by atoms with Crippen LogP contribution in [0.15, 0.2) is 48.8 Å². The normalized spacial score (nSPS) is 11.1. The van der Waals surface area contributed by atoms with E-state index in [2.05, 4.69) is 15.3 Å². The van der Waals surface area contributed by atoms with Crippen molar-refractivity contribution in [1.29, 1.82) is 0 Å². The van der Waals surface area contributed by atoms with Crippen molar-refractivity contribution in [2.24, 2.45) is 7.05 Å². The summed E-state index contributed by atoms with van der Waals surface area (Å²) in [4.78, 5) is 36.4. The Morgan fingerprint density at radius 1 is 1.16 bits per heavy atom. The average Bonchev–Trinajstić information content (AvgIpc) is 3.23. The Balaban J connectivity index is 1.67. The molecule has 2 aromatic carbocycles. The predicted molar refractivity (Wildman–Crippen MR) is 148 cm³/mol. The summed E-state index contributed by atoms with van der Waals surface area (Å²) >= 11 is 0. The van der Waals surface area contributed by atoms with Gasteiger partial charge in [-0.25, -0.2) is 14.8 Å². The summed E-state index contributed by atoms with van der Waals surface area (Å²) in [5.41, 5.74) is 4.80. The largest absolute Gasteiger partial charge is 0.465 e. The molecule has 198 valence electrons. The Bertz CT molecular complexity index is 1510. The lowest BCUT2D eigenvalue weighted by atomic mass is 10.1. The number of anilines is 3. The number of aromatic nitrogens is 3. The number of nitrogens with zero attached hydrogens (tertiary/aromatic N) is 6. The number of nitro groups is 1. The third kappa shape index (κ3) is 5.42. The van der Waals surface area contributed by atoms with Crippen molar-refractivity contribution >= 4 is 39.9 Å². The molecule has 0 saturated heterocycles. The van der Waals surface area contributed by atoms with Crippen molar-refractivity contribution in [2.75, 3.05) is 51.6 Å². The van der Waals surface area contributed by atoms with Crippen molar-refractivity contribution in [3.63, 3.8) is 0 Å². The van der Waals surface area contributed by atoms with Gasteiger partial charge in [0.05, 0.1) is 29.0 Å². The molecular formula is C27H31N7O4. The van der Waals surface area contributed by atoms with Gasteiger partial charge in [0.2, 0.25) is 5.95 Å². The van der Waals surface area contributed by atoms with Crippen LogP contribution in [-0.4, -0.2) is 71.7 Å². The van der Waals surface area contributed by atoms with Crippen LogP contribution in [0.4, 0.5) is 23.0 Å². The fourth-order valence-corrected chi connectivity index (χ4v) is 4.26. The molecule has 0 atom stereocenters. The molecule has 0 spiro atoms. The fourth-order valence-electron chi connectivity index (χ4n) is 4.26. The number of methoxy groups -OCH3 is 1. The van der Waals surface area contributed by atoms with E-state index >= 15 is 0 Å². The third-order valence-electron chi connectivity index (χ3n) is 6.40. The van der Waals surface area contributed by atoms with Crippen LogP contribution < -0.4 is 10.2 Å². The molecule has 0 aliphatic carbocycles. The third-order valence-corrected chi connectivity index (χ3v) is 6.40. The molecule has 0 saturated carbocycles. The Morgan fingerprint density at radius 3 is 2.61 bits per heavy atom. The number of aryl methyl sites for hydroxylation is 2. The first-order chi connectivity index (χ1) is 18.1. The second-order valence-electron chi connectivity index (χ2n) is 9.41. The van der Waals surface area contributed by atoms with Crippen molar-refractivity contribution in [3.8, 4) is 11.3 Å². The van der Waals surface area contributed by atoms with Crippen LogP contribution in [0.25, 0.3) is 22.2 Å². The minimum atomic E-state index is -0.400. The van der Waals surface area contributed by atoms with Gasteiger partial charge in [-0.2, -0.15) is 0 Å². The van der Waals surface area contributed by atoms with Crippen LogP contribution in [0.1, 0.15) is 15.9 Å². The summed E-state index contributed by atoms with van der Waals surface area (Å²) in [6, 6.07) is 10.5. The van der Waals surface area contributed by atoms with E-state index in [9.17, 15) is 14.9 Å². The zero-order chi connectivity index (χ0) is 27.6. The zero-order valence-electron chi connectivity index (χ0n) is 22.3. The summed E-state index contributed by atoms with van der Waals surface area (Å²) in [6.45, 7) is 3.31. The molecule has 0 bridgehead atoms. The monoisotopic (exact) mass is 517 g/mol. The SMILES string of the molecule is COC(=O)c1ccc2c(-c3ccnc(Nc4cc([N+](=O)[O-])c(N(C)CCN(C)C)cc4C)n3)cn(C)c2c1. The van der Waals surface area contributed by atoms with Crippen LogP contribution in [0.3, 0.4) is 0 Å². The predicted octanol–water partition coefficient (Wildman–Crippen LogP) is 4.38. The highest BCUT2D eigenvalue weighted by atomic mass is 16.6. The van der Waals surface area contributed by atoms with E-state index in [0.29, 0.717) is 35.1 Å². The van der Waals surface area contributed by atoms with Gasteiger partial charge in [0, 0.05) is 62.1 Å². The van der Waals surface area contributed by atoms with Crippen LogP contribution >= 0.6 is 0 Å². The minimum absolute atomic E-state index is 0.00553. The number of likely N-dealkylation sites (N-methyl/N-ethyl adjacent to an activating group) is 2. The number of hydrogen-bond donors (Lipinski definition) is 1. The Kier molecular flexibility index (Phi) is 7.58. The van der Waals surface area contributed by atoms with Gasteiger partial charge in [-0.3, -0.25) is 10.1 Å². The van der Waals surface area contributed by atoms with E-state index in [0.717, 1.165) is 28.6 Å². The maximum atomic E-state index is 12.0. The summed E-state index contributed by atoms with van der Waals surface area (Å²) in [7, 11) is 9.03. The number of esters is 1. The van der Waals surface area contributed by atoms with Crippen LogP contribution in [0, 0.1) is 17.0 Å². The number of ether oxygens (including phenoxy) is 1. The van der Waals surface area contributed by atoms with Gasteiger partial charge < -0.3 is 24.4 Å². The molecule has 2 heterocycles. The van der Waals surface area contributed by atoms with E-state index in [4.69, 9.17) is 4.74 Å². The van der Waals surface area contributed by atoms with E-state index < -0.39 is 5.97 Å². The fraction of sp³-hybridized carbons (Fsp3) is 0.296. The van der Waals surface area contributed by atoms with Gasteiger partial charge in [-0.1, -0.05) is 6.07 Å². The standard InChI is InChI=1S/C27H31N7O4/c1-17-13-24(32(4)12-11-31(2)3)25(34(36)37)15-22(17)30-27-28-10-9-21(29-27)20-16-33(5)23-14-18(26(35)38-6)7-8-19(20)23/h7-10,13-16H,11-12H2,1-6H3,(H,28,29,30). The Labute approximate surface area is 220 Å². The quantitative estimate of drug-likeness (QED) is 0.196. The lowest BCUT2D eigenvalue weighted by molar-refractivity contribution is -0.384. The summed E-state index contributed by atoms with van der Waals surface area (Å²) < 4.78 is 6.76. The molecule has 0 radical (unpaired) electrons. The van der Waals surface area contributed by atoms with E-state index in [1.54, 1.807) is 24.4 Å². The smallest absolute Gasteiger partial charge is 0.337 e. The molecule has 11 nitrogen and oxygen atoms in total. The molecule has 4 rings (SSSR count). The van der Waals surface area contributed by atoms with E-state index in [1.165, 1.54) is 13.2 Å². The average molecular weight is 518 g/mol. The molecule has 0 unspecified atom stereocenters. The number of rotatable bonds is 9.